The Balaban J connectivity index is 1.69. The summed E-state index contributed by atoms with van der Waals surface area (Å²) >= 11 is 10.3. The van der Waals surface area contributed by atoms with E-state index in [0.717, 1.165) is 46.1 Å². The fourth-order valence-corrected chi connectivity index (χ4v) is 5.51. The predicted molar refractivity (Wildman–Crippen MR) is 135 cm³/mol. The molecule has 7 heteroatoms. The van der Waals surface area contributed by atoms with Gasteiger partial charge in [0.2, 0.25) is 0 Å². The van der Waals surface area contributed by atoms with Crippen LogP contribution in [0.4, 0.5) is 5.69 Å². The number of anilines is 1. The normalized spacial score (nSPS) is 18.4. The van der Waals surface area contributed by atoms with E-state index in [1.54, 1.807) is 9.80 Å². The van der Waals surface area contributed by atoms with Crippen LogP contribution in [0.25, 0.3) is 5.57 Å². The number of amides is 2. The Bertz CT molecular complexity index is 1100. The van der Waals surface area contributed by atoms with E-state index in [-0.39, 0.29) is 11.8 Å². The number of hydrogen-bond donors (Lipinski definition) is 0. The third-order valence-electron chi connectivity index (χ3n) is 5.50. The topological polar surface area (TPSA) is 40.6 Å². The number of thiocarbonyl (C=S) groups is 1. The van der Waals surface area contributed by atoms with Gasteiger partial charge in [-0.3, -0.25) is 14.5 Å². The van der Waals surface area contributed by atoms with E-state index in [0.29, 0.717) is 27.9 Å². The number of unbranched alkanes of at least 4 members (excludes halogenated alkanes) is 2. The van der Waals surface area contributed by atoms with Gasteiger partial charge in [0.15, 0.2) is 0 Å². The van der Waals surface area contributed by atoms with E-state index in [1.165, 1.54) is 11.8 Å². The molecule has 31 heavy (non-hydrogen) atoms. The minimum atomic E-state index is -0.194. The van der Waals surface area contributed by atoms with Gasteiger partial charge in [-0.05, 0) is 37.1 Å². The van der Waals surface area contributed by atoms with Crippen LogP contribution in [-0.2, 0) is 16.1 Å². The van der Waals surface area contributed by atoms with Gasteiger partial charge in [0.25, 0.3) is 11.8 Å². The summed E-state index contributed by atoms with van der Waals surface area (Å²) in [5, 5.41) is 0. The molecular weight excluding hydrogens is 492 g/mol. The Morgan fingerprint density at radius 3 is 2.45 bits per heavy atom. The summed E-state index contributed by atoms with van der Waals surface area (Å²) < 4.78 is 1.36. The molecule has 0 aliphatic carbocycles. The fourth-order valence-electron chi connectivity index (χ4n) is 3.83. The van der Waals surface area contributed by atoms with Crippen molar-refractivity contribution >= 4 is 67.3 Å². The number of rotatable bonds is 6. The third-order valence-corrected chi connectivity index (χ3v) is 7.44. The van der Waals surface area contributed by atoms with E-state index in [9.17, 15) is 9.59 Å². The van der Waals surface area contributed by atoms with Crippen LogP contribution in [0.3, 0.4) is 0 Å². The van der Waals surface area contributed by atoms with Crippen LogP contribution in [0.15, 0.2) is 51.8 Å². The van der Waals surface area contributed by atoms with Crippen molar-refractivity contribution in [3.05, 3.63) is 68.5 Å². The summed E-state index contributed by atoms with van der Waals surface area (Å²) in [5.41, 5.74) is 4.31. The van der Waals surface area contributed by atoms with Gasteiger partial charge in [0, 0.05) is 16.6 Å². The zero-order chi connectivity index (χ0) is 22.1. The molecule has 2 heterocycles. The molecule has 1 fully saturated rings. The molecule has 0 atom stereocenters. The van der Waals surface area contributed by atoms with Crippen LogP contribution < -0.4 is 4.90 Å². The lowest BCUT2D eigenvalue weighted by molar-refractivity contribution is -0.122. The number of aryl methyl sites for hydroxylation is 1. The quantitative estimate of drug-likeness (QED) is 0.266. The van der Waals surface area contributed by atoms with E-state index < -0.39 is 0 Å². The van der Waals surface area contributed by atoms with Gasteiger partial charge in [-0.15, -0.1) is 0 Å². The second-order valence-electron chi connectivity index (χ2n) is 7.77. The van der Waals surface area contributed by atoms with Crippen LogP contribution in [0, 0.1) is 6.92 Å². The van der Waals surface area contributed by atoms with Crippen LogP contribution in [0.5, 0.6) is 0 Å². The Labute approximate surface area is 200 Å². The molecular formula is C24H23BrN2O2S2. The molecule has 4 rings (SSSR count). The van der Waals surface area contributed by atoms with Gasteiger partial charge in [-0.25, -0.2) is 0 Å². The van der Waals surface area contributed by atoms with E-state index in [1.807, 2.05) is 49.4 Å². The van der Waals surface area contributed by atoms with Crippen LogP contribution >= 0.6 is 39.9 Å². The Hall–Kier alpha value is -1.96. The largest absolute Gasteiger partial charge is 0.308 e. The number of carbonyl (C=O) groups is 2. The predicted octanol–water partition coefficient (Wildman–Crippen LogP) is 6.07. The van der Waals surface area contributed by atoms with Gasteiger partial charge in [0.05, 0.1) is 22.7 Å². The van der Waals surface area contributed by atoms with Gasteiger partial charge in [0.1, 0.15) is 4.32 Å². The Morgan fingerprint density at radius 1 is 1.00 bits per heavy atom. The SMILES string of the molecule is CCCCCN1C(=O)C(=C2SC(=S)N(Cc3ccc(C)cc3)C2=O)c2cc(Br)ccc21. The van der Waals surface area contributed by atoms with Crippen molar-refractivity contribution in [2.75, 3.05) is 11.4 Å². The minimum absolute atomic E-state index is 0.111. The first-order chi connectivity index (χ1) is 14.9. The van der Waals surface area contributed by atoms with Crippen LogP contribution in [0.1, 0.15) is 42.9 Å². The first kappa shape index (κ1) is 22.2. The highest BCUT2D eigenvalue weighted by Gasteiger charge is 2.41. The molecule has 160 valence electrons. The smallest absolute Gasteiger partial charge is 0.267 e. The van der Waals surface area contributed by atoms with Crippen molar-refractivity contribution in [3.8, 4) is 0 Å². The summed E-state index contributed by atoms with van der Waals surface area (Å²) in [6.45, 7) is 5.22. The van der Waals surface area contributed by atoms with E-state index >= 15 is 0 Å². The molecule has 0 radical (unpaired) electrons. The van der Waals surface area contributed by atoms with E-state index in [4.69, 9.17) is 12.2 Å². The zero-order valence-corrected chi connectivity index (χ0v) is 20.7. The van der Waals surface area contributed by atoms with Crippen molar-refractivity contribution in [2.24, 2.45) is 0 Å². The highest BCUT2D eigenvalue weighted by atomic mass is 79.9. The molecule has 0 bridgehead atoms. The molecule has 1 saturated heterocycles. The molecule has 0 N–H and O–H groups in total. The number of benzene rings is 2. The molecule has 0 saturated carbocycles. The molecule has 2 aliphatic rings. The molecule has 2 aromatic carbocycles. The Morgan fingerprint density at radius 2 is 1.74 bits per heavy atom. The average Bonchev–Trinajstić information content (AvgIpc) is 3.17. The number of thioether (sulfide) groups is 1. The van der Waals surface area contributed by atoms with Gasteiger partial charge in [-0.1, -0.05) is 89.5 Å². The summed E-state index contributed by atoms with van der Waals surface area (Å²) in [6, 6.07) is 13.9. The van der Waals surface area contributed by atoms with Gasteiger partial charge < -0.3 is 4.90 Å². The molecule has 0 spiro atoms. The minimum Gasteiger partial charge on any atom is -0.308 e. The molecule has 2 aromatic rings. The number of nitrogens with zero attached hydrogens (tertiary/aromatic N) is 2. The lowest BCUT2D eigenvalue weighted by Gasteiger charge is -2.17. The number of halogens is 1. The van der Waals surface area contributed by atoms with Gasteiger partial charge in [-0.2, -0.15) is 0 Å². The highest BCUT2D eigenvalue weighted by molar-refractivity contribution is 9.10. The zero-order valence-electron chi connectivity index (χ0n) is 17.5. The van der Waals surface area contributed by atoms with Crippen LogP contribution in [0.2, 0.25) is 0 Å². The number of fused-ring (bicyclic) bond motifs is 1. The summed E-state index contributed by atoms with van der Waals surface area (Å²) in [7, 11) is 0. The first-order valence-corrected chi connectivity index (χ1v) is 12.4. The summed E-state index contributed by atoms with van der Waals surface area (Å²) in [4.78, 5) is 30.6. The third kappa shape index (κ3) is 4.36. The maximum atomic E-state index is 13.4. The lowest BCUT2D eigenvalue weighted by Crippen LogP contribution is -2.29. The van der Waals surface area contributed by atoms with Crippen molar-refractivity contribution in [1.29, 1.82) is 0 Å². The molecule has 0 aromatic heterocycles. The second kappa shape index (κ2) is 9.27. The van der Waals surface area contributed by atoms with Crippen molar-refractivity contribution in [2.45, 2.75) is 39.7 Å². The highest BCUT2D eigenvalue weighted by Crippen LogP contribution is 2.45. The van der Waals surface area contributed by atoms with Crippen molar-refractivity contribution < 1.29 is 9.59 Å². The van der Waals surface area contributed by atoms with Crippen molar-refractivity contribution in [1.82, 2.24) is 4.90 Å². The maximum Gasteiger partial charge on any atom is 0.267 e. The van der Waals surface area contributed by atoms with E-state index in [2.05, 4.69) is 22.9 Å². The monoisotopic (exact) mass is 514 g/mol. The van der Waals surface area contributed by atoms with Crippen molar-refractivity contribution in [3.63, 3.8) is 0 Å². The molecule has 2 amide bonds. The van der Waals surface area contributed by atoms with Gasteiger partial charge >= 0.3 is 0 Å². The standard InChI is InChI=1S/C24H23BrN2O2S2/c1-3-4-5-12-26-19-11-10-17(25)13-18(19)20(22(26)28)21-23(29)27(24(30)31-21)14-16-8-6-15(2)7-9-16/h6-11,13H,3-5,12,14H2,1-2H3. The number of carbonyl (C=O) groups excluding carboxylic acids is 2. The first-order valence-electron chi connectivity index (χ1n) is 10.4. The van der Waals surface area contributed by atoms with Crippen LogP contribution in [-0.4, -0.2) is 27.6 Å². The Kier molecular flexibility index (Phi) is 6.65. The summed E-state index contributed by atoms with van der Waals surface area (Å²) in [6.07, 6.45) is 3.07. The molecule has 4 nitrogen and oxygen atoms in total. The maximum absolute atomic E-state index is 13.4. The average molecular weight is 515 g/mol. The fraction of sp³-hybridized carbons (Fsp3) is 0.292. The second-order valence-corrected chi connectivity index (χ2v) is 10.3. The summed E-state index contributed by atoms with van der Waals surface area (Å²) in [5.74, 6) is -0.305. The lowest BCUT2D eigenvalue weighted by atomic mass is 10.1. The number of hydrogen-bond acceptors (Lipinski definition) is 4. The molecule has 2 aliphatic heterocycles. The molecule has 0 unspecified atom stereocenters.